The van der Waals surface area contributed by atoms with Gasteiger partial charge in [0.15, 0.2) is 0 Å². The van der Waals surface area contributed by atoms with E-state index in [4.69, 9.17) is 0 Å². The first-order valence-electron chi connectivity index (χ1n) is 10.0. The van der Waals surface area contributed by atoms with Crippen LogP contribution in [0.5, 0.6) is 0 Å². The van der Waals surface area contributed by atoms with Gasteiger partial charge >= 0.3 is 0 Å². The molecule has 24 heavy (non-hydrogen) atoms. The molecule has 0 spiro atoms. The van der Waals surface area contributed by atoms with Gasteiger partial charge in [-0.2, -0.15) is 0 Å². The van der Waals surface area contributed by atoms with Crippen molar-refractivity contribution in [2.75, 3.05) is 0 Å². The van der Waals surface area contributed by atoms with Gasteiger partial charge in [0.25, 0.3) is 0 Å². The Morgan fingerprint density at radius 2 is 1.62 bits per heavy atom. The second-order valence-corrected chi connectivity index (χ2v) is 10.4. The lowest BCUT2D eigenvalue weighted by molar-refractivity contribution is -0.245. The molecule has 0 aromatic heterocycles. The third-order valence-corrected chi connectivity index (χ3v) is 9.59. The van der Waals surface area contributed by atoms with Crippen LogP contribution in [-0.4, -0.2) is 27.7 Å². The third-order valence-electron chi connectivity index (χ3n) is 9.59. The Kier molecular flexibility index (Phi) is 3.44. The van der Waals surface area contributed by atoms with Crippen molar-refractivity contribution < 1.29 is 15.0 Å². The average Bonchev–Trinajstić information content (AvgIpc) is 2.83. The molecule has 3 nitrogen and oxygen atoms in total. The van der Waals surface area contributed by atoms with Gasteiger partial charge in [-0.3, -0.25) is 4.79 Å². The maximum atomic E-state index is 12.6. The summed E-state index contributed by atoms with van der Waals surface area (Å²) in [4.78, 5) is 12.6. The molecule has 0 aromatic rings. The number of aliphatic hydroxyl groups is 2. The lowest BCUT2D eigenvalue weighted by atomic mass is 9.39. The Labute approximate surface area is 146 Å². The maximum absolute atomic E-state index is 12.6. The summed E-state index contributed by atoms with van der Waals surface area (Å²) in [5.74, 6) is 1.92. The lowest BCUT2D eigenvalue weighted by Gasteiger charge is -2.66. The highest BCUT2D eigenvalue weighted by Crippen LogP contribution is 2.69. The van der Waals surface area contributed by atoms with Gasteiger partial charge in [0.1, 0.15) is 5.78 Å². The molecular weight excluding hydrogens is 300 g/mol. The van der Waals surface area contributed by atoms with Crippen LogP contribution >= 0.6 is 0 Å². The molecule has 0 aromatic carbocycles. The van der Waals surface area contributed by atoms with Crippen molar-refractivity contribution in [3.8, 4) is 0 Å². The normalized spacial score (nSPS) is 56.3. The van der Waals surface area contributed by atoms with Crippen molar-refractivity contribution in [1.29, 1.82) is 0 Å². The van der Waals surface area contributed by atoms with Crippen molar-refractivity contribution in [3.63, 3.8) is 0 Å². The molecule has 0 bridgehead atoms. The molecule has 4 fully saturated rings. The van der Waals surface area contributed by atoms with E-state index in [1.807, 2.05) is 13.8 Å². The number of ketones is 1. The van der Waals surface area contributed by atoms with Gasteiger partial charge in [0, 0.05) is 11.8 Å². The topological polar surface area (TPSA) is 57.5 Å². The van der Waals surface area contributed by atoms with Crippen LogP contribution in [0.3, 0.4) is 0 Å². The van der Waals surface area contributed by atoms with E-state index in [1.165, 1.54) is 0 Å². The lowest BCUT2D eigenvalue weighted by Crippen LogP contribution is -2.69. The first kappa shape index (κ1) is 17.0. The first-order chi connectivity index (χ1) is 11.1. The Morgan fingerprint density at radius 3 is 2.33 bits per heavy atom. The highest BCUT2D eigenvalue weighted by molar-refractivity contribution is 5.86. The fourth-order valence-electron chi connectivity index (χ4n) is 7.76. The van der Waals surface area contributed by atoms with E-state index in [1.54, 1.807) is 0 Å². The predicted octanol–water partition coefficient (Wildman–Crippen LogP) is 3.71. The number of rotatable bonds is 0. The van der Waals surface area contributed by atoms with Crippen LogP contribution in [0.15, 0.2) is 0 Å². The highest BCUT2D eigenvalue weighted by Gasteiger charge is 2.69. The molecule has 4 saturated carbocycles. The Balaban J connectivity index is 1.73. The van der Waals surface area contributed by atoms with E-state index in [9.17, 15) is 15.0 Å². The molecule has 0 radical (unpaired) electrons. The zero-order valence-corrected chi connectivity index (χ0v) is 15.8. The van der Waals surface area contributed by atoms with Crippen LogP contribution in [0, 0.1) is 34.0 Å². The summed E-state index contributed by atoms with van der Waals surface area (Å²) in [5, 5.41) is 22.3. The number of fused-ring (bicyclic) bond motifs is 5. The minimum atomic E-state index is -0.874. The summed E-state index contributed by atoms with van der Waals surface area (Å²) in [6.45, 7) is 8.51. The number of aliphatic hydroxyl groups excluding tert-OH is 1. The van der Waals surface area contributed by atoms with Gasteiger partial charge in [-0.15, -0.1) is 0 Å². The summed E-state index contributed by atoms with van der Waals surface area (Å²) in [6.07, 6.45) is 7.29. The predicted molar refractivity (Wildman–Crippen MR) is 93.4 cm³/mol. The maximum Gasteiger partial charge on any atom is 0.141 e. The summed E-state index contributed by atoms with van der Waals surface area (Å²) in [7, 11) is 0. The van der Waals surface area contributed by atoms with Crippen molar-refractivity contribution in [2.45, 2.75) is 90.8 Å². The molecule has 4 aliphatic rings. The standard InChI is InChI=1S/C21H34O3/c1-18(2)16(22)9-11-20(4)15-8-10-19(3)14(5-6-17(19)23)13(15)7-12-21(18,20)24/h13-15,17,23-24H,5-12H2,1-4H3/t13-,14-,15+,17?,19-,20+,21?/m0/s1. The summed E-state index contributed by atoms with van der Waals surface area (Å²) < 4.78 is 0. The summed E-state index contributed by atoms with van der Waals surface area (Å²) in [6, 6.07) is 0. The SMILES string of the molecule is CC1(C)C(=O)CC[C@]2(C)[C@@H]3CC[C@]4(C)C(O)CC[C@H]4[C@@H]3CCC12O. The molecule has 136 valence electrons. The zero-order valence-electron chi connectivity index (χ0n) is 15.8. The van der Waals surface area contributed by atoms with Crippen molar-refractivity contribution in [2.24, 2.45) is 34.0 Å². The molecule has 3 heteroatoms. The van der Waals surface area contributed by atoms with E-state index in [2.05, 4.69) is 13.8 Å². The number of carbonyl (C=O) groups is 1. The smallest absolute Gasteiger partial charge is 0.141 e. The Bertz CT molecular complexity index is 569. The number of hydrogen-bond acceptors (Lipinski definition) is 3. The minimum absolute atomic E-state index is 0.0764. The van der Waals surface area contributed by atoms with Crippen molar-refractivity contribution >= 4 is 5.78 Å². The monoisotopic (exact) mass is 334 g/mol. The quantitative estimate of drug-likeness (QED) is 0.710. The molecule has 4 rings (SSSR count). The summed E-state index contributed by atoms with van der Waals surface area (Å²) >= 11 is 0. The van der Waals surface area contributed by atoms with Crippen molar-refractivity contribution in [3.05, 3.63) is 0 Å². The molecule has 2 unspecified atom stereocenters. The number of hydrogen-bond donors (Lipinski definition) is 2. The Morgan fingerprint density at radius 1 is 0.917 bits per heavy atom. The van der Waals surface area contributed by atoms with Gasteiger partial charge < -0.3 is 10.2 Å². The second kappa shape index (κ2) is 4.85. The largest absolute Gasteiger partial charge is 0.393 e. The van der Waals surface area contributed by atoms with Crippen LogP contribution in [0.2, 0.25) is 0 Å². The van der Waals surface area contributed by atoms with E-state index >= 15 is 0 Å². The molecule has 0 amide bonds. The number of Topliss-reactive ketones (excluding diaryl/α,β-unsaturated/α-hetero) is 1. The molecule has 7 atom stereocenters. The van der Waals surface area contributed by atoms with Gasteiger partial charge in [-0.25, -0.2) is 0 Å². The van der Waals surface area contributed by atoms with Gasteiger partial charge in [-0.1, -0.05) is 27.7 Å². The average molecular weight is 335 g/mol. The van der Waals surface area contributed by atoms with Gasteiger partial charge in [0.2, 0.25) is 0 Å². The Hall–Kier alpha value is -0.410. The molecule has 2 N–H and O–H groups in total. The molecular formula is C21H34O3. The van der Waals surface area contributed by atoms with E-state index in [0.29, 0.717) is 24.2 Å². The fourth-order valence-corrected chi connectivity index (χ4v) is 7.76. The van der Waals surface area contributed by atoms with Crippen LogP contribution < -0.4 is 0 Å². The van der Waals surface area contributed by atoms with E-state index in [0.717, 1.165) is 44.9 Å². The molecule has 0 saturated heterocycles. The molecule has 0 heterocycles. The zero-order chi connectivity index (χ0) is 17.5. The van der Waals surface area contributed by atoms with Gasteiger partial charge in [0.05, 0.1) is 17.1 Å². The van der Waals surface area contributed by atoms with Crippen LogP contribution in [0.4, 0.5) is 0 Å². The van der Waals surface area contributed by atoms with Crippen molar-refractivity contribution in [1.82, 2.24) is 0 Å². The molecule has 0 aliphatic heterocycles. The van der Waals surface area contributed by atoms with E-state index < -0.39 is 11.0 Å². The van der Waals surface area contributed by atoms with Gasteiger partial charge in [-0.05, 0) is 68.1 Å². The first-order valence-corrected chi connectivity index (χ1v) is 10.0. The minimum Gasteiger partial charge on any atom is -0.393 e. The molecule has 4 aliphatic carbocycles. The highest BCUT2D eigenvalue weighted by atomic mass is 16.3. The van der Waals surface area contributed by atoms with E-state index in [-0.39, 0.29) is 22.7 Å². The van der Waals surface area contributed by atoms with Crippen LogP contribution in [0.1, 0.15) is 79.1 Å². The number of carbonyl (C=O) groups excluding carboxylic acids is 1. The van der Waals surface area contributed by atoms with Crippen LogP contribution in [0.25, 0.3) is 0 Å². The third kappa shape index (κ3) is 1.74. The van der Waals surface area contributed by atoms with Crippen LogP contribution in [-0.2, 0) is 4.79 Å². The fraction of sp³-hybridized carbons (Fsp3) is 0.952. The second-order valence-electron chi connectivity index (χ2n) is 10.4. The summed E-state index contributed by atoms with van der Waals surface area (Å²) in [5.41, 5.74) is -1.60.